The second-order valence-corrected chi connectivity index (χ2v) is 13.6. The standard InChI is InChI=1S/C48H28N4/c49-29-31-16-4-5-17-32(31)47-50-43(30-14-2-1-3-15-30)28-46(51-47)52-44-25-13-9-21-36(44)38-26-42-37(27-45(38)52)35-20-8-12-24-41(35)48(42)39-22-10-6-18-33(39)34-19-7-11-23-40(34)48/h1-28H. The van der Waals surface area contributed by atoms with E-state index in [4.69, 9.17) is 9.97 Å². The molecule has 4 nitrogen and oxygen atoms in total. The first-order chi connectivity index (χ1) is 25.8. The lowest BCUT2D eigenvalue weighted by Crippen LogP contribution is -2.25. The molecule has 0 amide bonds. The van der Waals surface area contributed by atoms with Crippen LogP contribution in [0.1, 0.15) is 27.8 Å². The Morgan fingerprint density at radius 3 is 1.73 bits per heavy atom. The molecule has 0 saturated heterocycles. The van der Waals surface area contributed by atoms with Crippen molar-refractivity contribution in [1.82, 2.24) is 14.5 Å². The minimum Gasteiger partial charge on any atom is -0.294 e. The Morgan fingerprint density at radius 1 is 0.462 bits per heavy atom. The van der Waals surface area contributed by atoms with Gasteiger partial charge < -0.3 is 0 Å². The van der Waals surface area contributed by atoms with Gasteiger partial charge in [0.2, 0.25) is 0 Å². The fraction of sp³-hybridized carbons (Fsp3) is 0.0208. The van der Waals surface area contributed by atoms with Crippen molar-refractivity contribution in [3.05, 3.63) is 198 Å². The molecular weight excluding hydrogens is 633 g/mol. The van der Waals surface area contributed by atoms with Gasteiger partial charge in [-0.25, -0.2) is 9.97 Å². The van der Waals surface area contributed by atoms with E-state index in [0.29, 0.717) is 17.0 Å². The van der Waals surface area contributed by atoms with Crippen molar-refractivity contribution in [1.29, 1.82) is 5.26 Å². The summed E-state index contributed by atoms with van der Waals surface area (Å²) in [4.78, 5) is 10.3. The number of hydrogen-bond donors (Lipinski definition) is 0. The van der Waals surface area contributed by atoms with Gasteiger partial charge in [0.1, 0.15) is 5.82 Å². The summed E-state index contributed by atoms with van der Waals surface area (Å²) in [5.41, 5.74) is 15.1. The van der Waals surface area contributed by atoms with Gasteiger partial charge in [-0.3, -0.25) is 4.57 Å². The highest BCUT2D eigenvalue weighted by Gasteiger charge is 2.51. The van der Waals surface area contributed by atoms with Gasteiger partial charge >= 0.3 is 0 Å². The Kier molecular flexibility index (Phi) is 5.91. The van der Waals surface area contributed by atoms with Crippen LogP contribution in [0.15, 0.2) is 170 Å². The maximum absolute atomic E-state index is 10.1. The molecule has 0 radical (unpaired) electrons. The zero-order valence-corrected chi connectivity index (χ0v) is 28.0. The first kappa shape index (κ1) is 28.7. The first-order valence-electron chi connectivity index (χ1n) is 17.6. The number of benzene rings is 7. The average Bonchev–Trinajstić information content (AvgIpc) is 3.81. The summed E-state index contributed by atoms with van der Waals surface area (Å²) in [7, 11) is 0. The minimum absolute atomic E-state index is 0.430. The Hall–Kier alpha value is -7.09. The molecule has 2 heterocycles. The van der Waals surface area contributed by atoms with E-state index in [1.807, 2.05) is 42.5 Å². The molecule has 2 aromatic heterocycles. The third-order valence-electron chi connectivity index (χ3n) is 11.1. The molecule has 0 fully saturated rings. The summed E-state index contributed by atoms with van der Waals surface area (Å²) in [5.74, 6) is 1.27. The largest absolute Gasteiger partial charge is 0.294 e. The summed E-state index contributed by atoms with van der Waals surface area (Å²) in [5, 5.41) is 12.4. The number of nitriles is 1. The first-order valence-corrected chi connectivity index (χ1v) is 17.6. The van der Waals surface area contributed by atoms with Crippen LogP contribution in [0.3, 0.4) is 0 Å². The molecule has 0 saturated carbocycles. The van der Waals surface area contributed by atoms with Crippen LogP contribution in [0.5, 0.6) is 0 Å². The fourth-order valence-corrected chi connectivity index (χ4v) is 9.00. The van der Waals surface area contributed by atoms with Crippen LogP contribution in [-0.2, 0) is 5.41 Å². The molecule has 4 heteroatoms. The number of nitrogens with zero attached hydrogens (tertiary/aromatic N) is 4. The van der Waals surface area contributed by atoms with E-state index in [-0.39, 0.29) is 0 Å². The highest BCUT2D eigenvalue weighted by atomic mass is 15.1. The second kappa shape index (κ2) is 10.7. The van der Waals surface area contributed by atoms with E-state index in [2.05, 4.69) is 138 Å². The van der Waals surface area contributed by atoms with Crippen LogP contribution in [0.4, 0.5) is 0 Å². The van der Waals surface area contributed by atoms with Crippen LogP contribution in [-0.4, -0.2) is 14.5 Å². The van der Waals surface area contributed by atoms with Crippen LogP contribution in [0.25, 0.3) is 72.5 Å². The molecule has 0 unspecified atom stereocenters. The van der Waals surface area contributed by atoms with Gasteiger partial charge in [0.15, 0.2) is 5.82 Å². The summed E-state index contributed by atoms with van der Waals surface area (Å²) < 4.78 is 2.28. The molecule has 11 rings (SSSR count). The Labute approximate surface area is 300 Å². The lowest BCUT2D eigenvalue weighted by atomic mass is 9.70. The number of fused-ring (bicyclic) bond motifs is 13. The van der Waals surface area contributed by atoms with Gasteiger partial charge in [-0.15, -0.1) is 0 Å². The van der Waals surface area contributed by atoms with Crippen molar-refractivity contribution in [2.75, 3.05) is 0 Å². The predicted molar refractivity (Wildman–Crippen MR) is 208 cm³/mol. The van der Waals surface area contributed by atoms with Crippen LogP contribution in [0.2, 0.25) is 0 Å². The fourth-order valence-electron chi connectivity index (χ4n) is 9.00. The molecule has 0 aliphatic heterocycles. The highest BCUT2D eigenvalue weighted by molar-refractivity contribution is 6.12. The molecule has 0 N–H and O–H groups in total. The summed E-state index contributed by atoms with van der Waals surface area (Å²) in [6, 6.07) is 62.4. The van der Waals surface area contributed by atoms with E-state index in [0.717, 1.165) is 33.5 Å². The molecule has 9 aromatic rings. The molecule has 1 spiro atoms. The summed E-state index contributed by atoms with van der Waals surface area (Å²) >= 11 is 0. The van der Waals surface area contributed by atoms with Crippen LogP contribution >= 0.6 is 0 Å². The third kappa shape index (κ3) is 3.74. The summed E-state index contributed by atoms with van der Waals surface area (Å²) in [6.07, 6.45) is 0. The monoisotopic (exact) mass is 660 g/mol. The zero-order chi connectivity index (χ0) is 34.4. The van der Waals surface area contributed by atoms with E-state index in [1.165, 1.54) is 49.9 Å². The van der Waals surface area contributed by atoms with E-state index >= 15 is 0 Å². The van der Waals surface area contributed by atoms with E-state index < -0.39 is 5.41 Å². The van der Waals surface area contributed by atoms with E-state index in [1.54, 1.807) is 0 Å². The van der Waals surface area contributed by atoms with Gasteiger partial charge in [-0.05, 0) is 74.8 Å². The Bertz CT molecular complexity index is 2940. The van der Waals surface area contributed by atoms with E-state index in [9.17, 15) is 5.26 Å². The minimum atomic E-state index is -0.430. The lowest BCUT2D eigenvalue weighted by Gasteiger charge is -2.30. The van der Waals surface area contributed by atoms with Crippen molar-refractivity contribution in [2.24, 2.45) is 0 Å². The maximum atomic E-state index is 10.1. The van der Waals surface area contributed by atoms with Crippen molar-refractivity contribution in [3.8, 4) is 56.8 Å². The van der Waals surface area contributed by atoms with Crippen molar-refractivity contribution >= 4 is 21.8 Å². The van der Waals surface area contributed by atoms with Gasteiger partial charge in [0, 0.05) is 28.0 Å². The molecule has 2 aliphatic carbocycles. The quantitative estimate of drug-likeness (QED) is 0.189. The van der Waals surface area contributed by atoms with Crippen LogP contribution in [0, 0.1) is 11.3 Å². The second-order valence-electron chi connectivity index (χ2n) is 13.6. The SMILES string of the molecule is N#Cc1ccccc1-c1nc(-c2ccccc2)cc(-n2c3ccccc3c3cc4c(cc32)-c2ccccc2C42c3ccccc3-c3ccccc32)n1. The maximum Gasteiger partial charge on any atom is 0.163 e. The predicted octanol–water partition coefficient (Wildman–Crippen LogP) is 11.1. The van der Waals surface area contributed by atoms with Gasteiger partial charge in [0.05, 0.1) is 33.8 Å². The number of aromatic nitrogens is 3. The number of rotatable bonds is 3. The van der Waals surface area contributed by atoms with Gasteiger partial charge in [-0.2, -0.15) is 5.26 Å². The topological polar surface area (TPSA) is 54.5 Å². The molecule has 0 atom stereocenters. The molecule has 52 heavy (non-hydrogen) atoms. The Balaban J connectivity index is 1.25. The summed E-state index contributed by atoms with van der Waals surface area (Å²) in [6.45, 7) is 0. The number of hydrogen-bond acceptors (Lipinski definition) is 3. The number of para-hydroxylation sites is 1. The third-order valence-corrected chi connectivity index (χ3v) is 11.1. The van der Waals surface area contributed by atoms with Crippen molar-refractivity contribution in [2.45, 2.75) is 5.41 Å². The Morgan fingerprint density at radius 2 is 1.04 bits per heavy atom. The van der Waals surface area contributed by atoms with Crippen molar-refractivity contribution < 1.29 is 0 Å². The van der Waals surface area contributed by atoms with Gasteiger partial charge in [0.25, 0.3) is 0 Å². The van der Waals surface area contributed by atoms with Crippen molar-refractivity contribution in [3.63, 3.8) is 0 Å². The normalized spacial score (nSPS) is 13.1. The molecule has 240 valence electrons. The zero-order valence-electron chi connectivity index (χ0n) is 28.0. The van der Waals surface area contributed by atoms with Gasteiger partial charge in [-0.1, -0.05) is 133 Å². The molecular formula is C48H28N4. The highest BCUT2D eigenvalue weighted by Crippen LogP contribution is 2.63. The molecule has 7 aromatic carbocycles. The van der Waals surface area contributed by atoms with Crippen LogP contribution < -0.4 is 0 Å². The average molecular weight is 661 g/mol. The lowest BCUT2D eigenvalue weighted by molar-refractivity contribution is 0.795. The molecule has 2 aliphatic rings. The smallest absolute Gasteiger partial charge is 0.163 e. The molecule has 0 bridgehead atoms.